The van der Waals surface area contributed by atoms with Crippen LogP contribution in [0.4, 0.5) is 0 Å². The zero-order valence-electron chi connectivity index (χ0n) is 10.8. The largest absolute Gasteiger partial charge is 0.468 e. The number of hydrogen-bond acceptors (Lipinski definition) is 4. The quantitative estimate of drug-likeness (QED) is 0.704. The van der Waals surface area contributed by atoms with Crippen molar-refractivity contribution < 1.29 is 14.6 Å². The van der Waals surface area contributed by atoms with Crippen LogP contribution in [-0.4, -0.2) is 36.4 Å². The van der Waals surface area contributed by atoms with Crippen LogP contribution < -0.4 is 5.32 Å². The lowest BCUT2D eigenvalue weighted by atomic mass is 9.64. The van der Waals surface area contributed by atoms with E-state index < -0.39 is 0 Å². The third kappa shape index (κ3) is 2.38. The zero-order chi connectivity index (χ0) is 12.5. The molecule has 1 rings (SSSR count). The van der Waals surface area contributed by atoms with Crippen molar-refractivity contribution in [2.75, 3.05) is 7.11 Å². The van der Waals surface area contributed by atoms with Gasteiger partial charge < -0.3 is 15.2 Å². The van der Waals surface area contributed by atoms with E-state index in [9.17, 15) is 9.90 Å². The molecule has 1 aliphatic carbocycles. The highest BCUT2D eigenvalue weighted by atomic mass is 16.5. The molecule has 1 fully saturated rings. The number of methoxy groups -OCH3 is 1. The highest BCUT2D eigenvalue weighted by Crippen LogP contribution is 2.40. The van der Waals surface area contributed by atoms with E-state index in [-0.39, 0.29) is 35.5 Å². The smallest absolute Gasteiger partial charge is 0.323 e. The minimum Gasteiger partial charge on any atom is -0.468 e. The van der Waals surface area contributed by atoms with E-state index in [1.54, 1.807) is 0 Å². The summed E-state index contributed by atoms with van der Waals surface area (Å²) in [5.74, 6) is -0.0480. The van der Waals surface area contributed by atoms with Gasteiger partial charge in [-0.2, -0.15) is 0 Å². The van der Waals surface area contributed by atoms with Crippen LogP contribution in [0.5, 0.6) is 0 Å². The van der Waals surface area contributed by atoms with Crippen LogP contribution in [0.15, 0.2) is 0 Å². The third-order valence-electron chi connectivity index (χ3n) is 3.72. The highest BCUT2D eigenvalue weighted by Gasteiger charge is 2.48. The molecule has 1 aliphatic rings. The van der Waals surface area contributed by atoms with E-state index in [0.717, 1.165) is 0 Å². The van der Waals surface area contributed by atoms with Gasteiger partial charge in [-0.1, -0.05) is 27.7 Å². The molecule has 4 nitrogen and oxygen atoms in total. The topological polar surface area (TPSA) is 58.6 Å². The summed E-state index contributed by atoms with van der Waals surface area (Å²) in [5, 5.41) is 12.9. The van der Waals surface area contributed by atoms with Gasteiger partial charge in [0.25, 0.3) is 0 Å². The Kier molecular flexibility index (Phi) is 3.97. The summed E-state index contributed by atoms with van der Waals surface area (Å²) in [5.41, 5.74) is -0.166. The van der Waals surface area contributed by atoms with Crippen molar-refractivity contribution in [1.29, 1.82) is 0 Å². The lowest BCUT2D eigenvalue weighted by Crippen LogP contribution is -2.63. The summed E-state index contributed by atoms with van der Waals surface area (Å²) in [7, 11) is 1.40. The second-order valence-corrected chi connectivity index (χ2v) is 5.54. The van der Waals surface area contributed by atoms with E-state index in [1.165, 1.54) is 7.11 Å². The molecule has 0 spiro atoms. The van der Waals surface area contributed by atoms with Gasteiger partial charge >= 0.3 is 5.97 Å². The molecule has 2 N–H and O–H groups in total. The molecule has 0 aliphatic heterocycles. The van der Waals surface area contributed by atoms with Crippen molar-refractivity contribution in [1.82, 2.24) is 5.32 Å². The lowest BCUT2D eigenvalue weighted by Gasteiger charge is -2.50. The van der Waals surface area contributed by atoms with Crippen LogP contribution in [0.2, 0.25) is 0 Å². The minimum atomic E-state index is -0.290. The molecule has 94 valence electrons. The van der Waals surface area contributed by atoms with Crippen molar-refractivity contribution in [2.24, 2.45) is 11.3 Å². The maximum atomic E-state index is 11.6. The molecule has 0 radical (unpaired) electrons. The number of carbonyl (C=O) groups excluding carboxylic acids is 1. The molecule has 4 heteroatoms. The van der Waals surface area contributed by atoms with E-state index in [2.05, 4.69) is 5.32 Å². The molecule has 0 saturated heterocycles. The molecule has 0 amide bonds. The Morgan fingerprint density at radius 2 is 2.06 bits per heavy atom. The molecule has 0 aromatic rings. The Morgan fingerprint density at radius 3 is 2.38 bits per heavy atom. The summed E-state index contributed by atoms with van der Waals surface area (Å²) in [6, 6.07) is -0.115. The maximum absolute atomic E-state index is 11.6. The fourth-order valence-corrected chi connectivity index (χ4v) is 2.06. The fourth-order valence-electron chi connectivity index (χ4n) is 2.06. The monoisotopic (exact) mass is 229 g/mol. The summed E-state index contributed by atoms with van der Waals surface area (Å²) >= 11 is 0. The number of rotatable bonds is 4. The number of nitrogens with one attached hydrogen (secondary N) is 1. The molecule has 16 heavy (non-hydrogen) atoms. The highest BCUT2D eigenvalue weighted by molar-refractivity contribution is 5.76. The Balaban J connectivity index is 2.61. The van der Waals surface area contributed by atoms with Gasteiger partial charge in [0.2, 0.25) is 0 Å². The summed E-state index contributed by atoms with van der Waals surface area (Å²) in [4.78, 5) is 11.6. The Labute approximate surface area is 97.4 Å². The van der Waals surface area contributed by atoms with Gasteiger partial charge in [-0.15, -0.1) is 0 Å². The molecule has 0 aromatic heterocycles. The first-order valence-corrected chi connectivity index (χ1v) is 5.82. The van der Waals surface area contributed by atoms with Crippen molar-refractivity contribution in [2.45, 2.75) is 52.3 Å². The first-order chi connectivity index (χ1) is 7.30. The predicted molar refractivity (Wildman–Crippen MR) is 62.0 cm³/mol. The number of aliphatic hydroxyl groups is 1. The maximum Gasteiger partial charge on any atom is 0.323 e. The molecule has 1 saturated carbocycles. The van der Waals surface area contributed by atoms with Crippen molar-refractivity contribution in [3.8, 4) is 0 Å². The van der Waals surface area contributed by atoms with Gasteiger partial charge in [0.05, 0.1) is 13.2 Å². The zero-order valence-corrected chi connectivity index (χ0v) is 10.8. The molecular weight excluding hydrogens is 206 g/mol. The van der Waals surface area contributed by atoms with Crippen molar-refractivity contribution >= 4 is 5.97 Å². The van der Waals surface area contributed by atoms with E-state index >= 15 is 0 Å². The predicted octanol–water partition coefficient (Wildman–Crippen LogP) is 0.933. The van der Waals surface area contributed by atoms with Crippen LogP contribution in [0.25, 0.3) is 0 Å². The van der Waals surface area contributed by atoms with Crippen LogP contribution in [0.1, 0.15) is 34.1 Å². The van der Waals surface area contributed by atoms with Crippen molar-refractivity contribution in [3.05, 3.63) is 0 Å². The molecular formula is C12H23NO3. The average molecular weight is 229 g/mol. The number of aliphatic hydroxyl groups excluding tert-OH is 1. The lowest BCUT2D eigenvalue weighted by molar-refractivity contribution is -0.147. The number of ether oxygens (including phenoxy) is 1. The summed E-state index contributed by atoms with van der Waals surface area (Å²) < 4.78 is 4.77. The Morgan fingerprint density at radius 1 is 1.50 bits per heavy atom. The second-order valence-electron chi connectivity index (χ2n) is 5.54. The molecule has 0 aromatic carbocycles. The van der Waals surface area contributed by atoms with Gasteiger partial charge in [-0.3, -0.25) is 4.79 Å². The molecule has 2 unspecified atom stereocenters. The second kappa shape index (κ2) is 4.72. The van der Waals surface area contributed by atoms with Crippen LogP contribution in [0, 0.1) is 11.3 Å². The van der Waals surface area contributed by atoms with E-state index in [1.807, 2.05) is 27.7 Å². The van der Waals surface area contributed by atoms with Gasteiger partial charge in [-0.05, 0) is 12.3 Å². The van der Waals surface area contributed by atoms with E-state index in [0.29, 0.717) is 6.42 Å². The first-order valence-electron chi connectivity index (χ1n) is 5.82. The van der Waals surface area contributed by atoms with E-state index in [4.69, 9.17) is 4.74 Å². The van der Waals surface area contributed by atoms with Crippen LogP contribution >= 0.6 is 0 Å². The van der Waals surface area contributed by atoms with Gasteiger partial charge in [0, 0.05) is 11.5 Å². The first kappa shape index (κ1) is 13.5. The normalized spacial score (nSPS) is 29.7. The summed E-state index contributed by atoms with van der Waals surface area (Å²) in [6.07, 6.45) is 0.420. The number of hydrogen-bond donors (Lipinski definition) is 2. The molecule has 0 heterocycles. The molecule has 3 atom stereocenters. The number of esters is 1. The van der Waals surface area contributed by atoms with Gasteiger partial charge in [-0.25, -0.2) is 0 Å². The average Bonchev–Trinajstić information content (AvgIpc) is 2.22. The Bertz CT molecular complexity index is 263. The Hall–Kier alpha value is -0.610. The SMILES string of the molecule is COC(=O)[C@@H](NC1CC(O)C1(C)C)C(C)C. The standard InChI is InChI=1S/C12H23NO3/c1-7(2)10(11(15)16-5)13-8-6-9(14)12(8,3)4/h7-10,13-14H,6H2,1-5H3/t8?,9?,10-/m0/s1. The molecule has 0 bridgehead atoms. The van der Waals surface area contributed by atoms with Gasteiger partial charge in [0.1, 0.15) is 6.04 Å². The van der Waals surface area contributed by atoms with Crippen LogP contribution in [0.3, 0.4) is 0 Å². The third-order valence-corrected chi connectivity index (χ3v) is 3.72. The van der Waals surface area contributed by atoms with Crippen molar-refractivity contribution in [3.63, 3.8) is 0 Å². The minimum absolute atomic E-state index is 0.166. The van der Waals surface area contributed by atoms with Gasteiger partial charge in [0.15, 0.2) is 0 Å². The number of carbonyl (C=O) groups is 1. The fraction of sp³-hybridized carbons (Fsp3) is 0.917. The summed E-state index contributed by atoms with van der Waals surface area (Å²) in [6.45, 7) is 7.98. The van der Waals surface area contributed by atoms with Crippen LogP contribution in [-0.2, 0) is 9.53 Å².